The second-order valence-corrected chi connectivity index (χ2v) is 3.31. The molecule has 0 amide bonds. The zero-order chi connectivity index (χ0) is 12.8. The molecule has 0 atom stereocenters. The predicted octanol–water partition coefficient (Wildman–Crippen LogP) is 1.42. The van der Waals surface area contributed by atoms with Crippen molar-refractivity contribution in [3.8, 4) is 5.75 Å². The van der Waals surface area contributed by atoms with E-state index in [1.165, 1.54) is 13.2 Å². The summed E-state index contributed by atoms with van der Waals surface area (Å²) in [5.41, 5.74) is 1.19. The largest absolute Gasteiger partial charge is 0.496 e. The van der Waals surface area contributed by atoms with Crippen molar-refractivity contribution in [2.24, 2.45) is 0 Å². The number of aliphatic carboxylic acids is 2. The van der Waals surface area contributed by atoms with Gasteiger partial charge in [-0.05, 0) is 17.7 Å². The summed E-state index contributed by atoms with van der Waals surface area (Å²) in [4.78, 5) is 20.9. The van der Waals surface area contributed by atoms with Gasteiger partial charge in [0.05, 0.1) is 13.5 Å². The molecular formula is C12H12O5. The van der Waals surface area contributed by atoms with E-state index in [-0.39, 0.29) is 6.42 Å². The lowest BCUT2D eigenvalue weighted by atomic mass is 10.1. The van der Waals surface area contributed by atoms with Gasteiger partial charge in [0.1, 0.15) is 5.75 Å². The van der Waals surface area contributed by atoms with Gasteiger partial charge in [-0.25, -0.2) is 4.79 Å². The van der Waals surface area contributed by atoms with E-state index in [0.717, 1.165) is 6.08 Å². The molecule has 0 fully saturated rings. The molecule has 0 aromatic heterocycles. The molecule has 2 N–H and O–H groups in total. The van der Waals surface area contributed by atoms with Crippen molar-refractivity contribution in [2.45, 2.75) is 6.42 Å². The Balaban J connectivity index is 2.99. The standard InChI is InChI=1S/C12H12O5/c1-17-10-6-8(3-5-11(13)14)2-4-9(10)7-12(15)16/h2-6H,7H2,1H3,(H,13,14)(H,15,16). The summed E-state index contributed by atoms with van der Waals surface area (Å²) in [7, 11) is 1.44. The lowest BCUT2D eigenvalue weighted by molar-refractivity contribution is -0.136. The highest BCUT2D eigenvalue weighted by Crippen LogP contribution is 2.21. The number of ether oxygens (including phenoxy) is 1. The lowest BCUT2D eigenvalue weighted by Crippen LogP contribution is -2.02. The van der Waals surface area contributed by atoms with E-state index in [0.29, 0.717) is 16.9 Å². The van der Waals surface area contributed by atoms with Crippen LogP contribution in [0.5, 0.6) is 5.75 Å². The number of carboxylic acid groups (broad SMARTS) is 2. The van der Waals surface area contributed by atoms with E-state index in [4.69, 9.17) is 14.9 Å². The lowest BCUT2D eigenvalue weighted by Gasteiger charge is -2.07. The van der Waals surface area contributed by atoms with Crippen molar-refractivity contribution >= 4 is 18.0 Å². The van der Waals surface area contributed by atoms with Crippen molar-refractivity contribution in [3.05, 3.63) is 35.4 Å². The van der Waals surface area contributed by atoms with Crippen LogP contribution in [-0.4, -0.2) is 29.3 Å². The fraction of sp³-hybridized carbons (Fsp3) is 0.167. The van der Waals surface area contributed by atoms with Crippen LogP contribution in [0.4, 0.5) is 0 Å². The second-order valence-electron chi connectivity index (χ2n) is 3.31. The van der Waals surface area contributed by atoms with Crippen molar-refractivity contribution < 1.29 is 24.5 Å². The summed E-state index contributed by atoms with van der Waals surface area (Å²) < 4.78 is 5.05. The zero-order valence-corrected chi connectivity index (χ0v) is 9.21. The second kappa shape index (κ2) is 5.69. The van der Waals surface area contributed by atoms with Gasteiger partial charge >= 0.3 is 11.9 Å². The molecule has 0 heterocycles. The van der Waals surface area contributed by atoms with Crippen LogP contribution < -0.4 is 4.74 Å². The number of benzene rings is 1. The molecular weight excluding hydrogens is 224 g/mol. The van der Waals surface area contributed by atoms with Crippen LogP contribution in [0.15, 0.2) is 24.3 Å². The first-order valence-electron chi connectivity index (χ1n) is 4.82. The quantitative estimate of drug-likeness (QED) is 0.755. The molecule has 0 saturated carbocycles. The summed E-state index contributed by atoms with van der Waals surface area (Å²) >= 11 is 0. The fourth-order valence-corrected chi connectivity index (χ4v) is 1.34. The number of carboxylic acids is 2. The van der Waals surface area contributed by atoms with Crippen LogP contribution in [0.1, 0.15) is 11.1 Å². The zero-order valence-electron chi connectivity index (χ0n) is 9.21. The Bertz CT molecular complexity index is 462. The molecule has 1 aromatic rings. The molecule has 5 heteroatoms. The van der Waals surface area contributed by atoms with Gasteiger partial charge in [-0.15, -0.1) is 0 Å². The van der Waals surface area contributed by atoms with E-state index in [9.17, 15) is 9.59 Å². The predicted molar refractivity (Wildman–Crippen MR) is 61.0 cm³/mol. The minimum Gasteiger partial charge on any atom is -0.496 e. The normalized spacial score (nSPS) is 10.4. The topological polar surface area (TPSA) is 83.8 Å². The smallest absolute Gasteiger partial charge is 0.328 e. The minimum atomic E-state index is -1.04. The van der Waals surface area contributed by atoms with Gasteiger partial charge in [0.2, 0.25) is 0 Å². The monoisotopic (exact) mass is 236 g/mol. The Hall–Kier alpha value is -2.30. The molecule has 17 heavy (non-hydrogen) atoms. The van der Waals surface area contributed by atoms with Gasteiger partial charge in [-0.2, -0.15) is 0 Å². The number of hydrogen-bond donors (Lipinski definition) is 2. The summed E-state index contributed by atoms with van der Waals surface area (Å²) in [6, 6.07) is 4.84. The Morgan fingerprint density at radius 2 is 2.06 bits per heavy atom. The van der Waals surface area contributed by atoms with Gasteiger partial charge in [0, 0.05) is 11.6 Å². The average molecular weight is 236 g/mol. The summed E-state index contributed by atoms with van der Waals surface area (Å²) in [6.07, 6.45) is 2.28. The molecule has 0 aliphatic rings. The van der Waals surface area contributed by atoms with Crippen molar-refractivity contribution in [2.75, 3.05) is 7.11 Å². The number of methoxy groups -OCH3 is 1. The van der Waals surface area contributed by atoms with Crippen molar-refractivity contribution in [1.82, 2.24) is 0 Å². The molecule has 0 spiro atoms. The van der Waals surface area contributed by atoms with Crippen LogP contribution in [-0.2, 0) is 16.0 Å². The highest BCUT2D eigenvalue weighted by atomic mass is 16.5. The first-order valence-corrected chi connectivity index (χ1v) is 4.82. The number of hydrogen-bond acceptors (Lipinski definition) is 3. The first kappa shape index (κ1) is 12.8. The third-order valence-corrected chi connectivity index (χ3v) is 2.07. The van der Waals surface area contributed by atoms with Gasteiger partial charge in [-0.3, -0.25) is 4.79 Å². The minimum absolute atomic E-state index is 0.133. The summed E-state index contributed by atoms with van der Waals surface area (Å²) in [6.45, 7) is 0. The van der Waals surface area contributed by atoms with Gasteiger partial charge < -0.3 is 14.9 Å². The molecule has 1 aromatic carbocycles. The molecule has 5 nitrogen and oxygen atoms in total. The van der Waals surface area contributed by atoms with Crippen LogP contribution in [0.25, 0.3) is 6.08 Å². The van der Waals surface area contributed by atoms with Gasteiger partial charge in [-0.1, -0.05) is 12.1 Å². The van der Waals surface area contributed by atoms with Crippen LogP contribution in [0, 0.1) is 0 Å². The van der Waals surface area contributed by atoms with Crippen molar-refractivity contribution in [1.29, 1.82) is 0 Å². The average Bonchev–Trinajstić information content (AvgIpc) is 2.26. The summed E-state index contributed by atoms with van der Waals surface area (Å²) in [5, 5.41) is 17.2. The van der Waals surface area contributed by atoms with E-state index >= 15 is 0 Å². The van der Waals surface area contributed by atoms with Gasteiger partial charge in [0.25, 0.3) is 0 Å². The molecule has 0 radical (unpaired) electrons. The maximum absolute atomic E-state index is 10.6. The van der Waals surface area contributed by atoms with Crippen LogP contribution in [0.2, 0.25) is 0 Å². The number of carbonyl (C=O) groups is 2. The maximum atomic E-state index is 10.6. The Labute approximate surface area is 98.0 Å². The third-order valence-electron chi connectivity index (χ3n) is 2.07. The molecule has 0 aliphatic carbocycles. The van der Waals surface area contributed by atoms with Crippen LogP contribution >= 0.6 is 0 Å². The van der Waals surface area contributed by atoms with E-state index < -0.39 is 11.9 Å². The Morgan fingerprint density at radius 1 is 1.35 bits per heavy atom. The van der Waals surface area contributed by atoms with E-state index in [1.807, 2.05) is 0 Å². The maximum Gasteiger partial charge on any atom is 0.328 e. The molecule has 0 aliphatic heterocycles. The van der Waals surface area contributed by atoms with Crippen molar-refractivity contribution in [3.63, 3.8) is 0 Å². The molecule has 0 saturated heterocycles. The highest BCUT2D eigenvalue weighted by Gasteiger charge is 2.07. The first-order chi connectivity index (χ1) is 8.02. The molecule has 0 unspecified atom stereocenters. The molecule has 1 rings (SSSR count). The Kier molecular flexibility index (Phi) is 4.28. The SMILES string of the molecule is COc1cc(C=CC(=O)O)ccc1CC(=O)O. The van der Waals surface area contributed by atoms with Gasteiger partial charge in [0.15, 0.2) is 0 Å². The molecule has 0 bridgehead atoms. The molecule has 90 valence electrons. The third kappa shape index (κ3) is 3.98. The fourth-order valence-electron chi connectivity index (χ4n) is 1.34. The van der Waals surface area contributed by atoms with E-state index in [2.05, 4.69) is 0 Å². The summed E-state index contributed by atoms with van der Waals surface area (Å²) in [5.74, 6) is -1.56. The number of rotatable bonds is 5. The van der Waals surface area contributed by atoms with E-state index in [1.54, 1.807) is 18.2 Å². The highest BCUT2D eigenvalue weighted by molar-refractivity contribution is 5.85. The van der Waals surface area contributed by atoms with Crippen LogP contribution in [0.3, 0.4) is 0 Å². The Morgan fingerprint density at radius 3 is 2.59 bits per heavy atom.